The number of ether oxygens (including phenoxy) is 1. The Bertz CT molecular complexity index is 1150. The molecule has 0 aromatic heterocycles. The van der Waals surface area contributed by atoms with Crippen molar-refractivity contribution in [2.24, 2.45) is 0 Å². The van der Waals surface area contributed by atoms with Gasteiger partial charge in [-0.25, -0.2) is 4.79 Å². The monoisotopic (exact) mass is 487 g/mol. The van der Waals surface area contributed by atoms with E-state index in [0.717, 1.165) is 5.56 Å². The summed E-state index contributed by atoms with van der Waals surface area (Å²) in [5.41, 5.74) is 2.37. The highest BCUT2D eigenvalue weighted by atomic mass is 35.5. The van der Waals surface area contributed by atoms with E-state index in [1.165, 1.54) is 7.11 Å². The maximum Gasteiger partial charge on any atom is 0.413 e. The van der Waals surface area contributed by atoms with Crippen LogP contribution < -0.4 is 10.6 Å². The lowest BCUT2D eigenvalue weighted by atomic mass is 9.85. The molecule has 1 aliphatic carbocycles. The summed E-state index contributed by atoms with van der Waals surface area (Å²) in [6.45, 7) is 0. The molecule has 0 saturated heterocycles. The molecule has 0 fully saturated rings. The van der Waals surface area contributed by atoms with Crippen LogP contribution in [0.5, 0.6) is 0 Å². The number of thiocarbonyl (C=S) groups is 1. The van der Waals surface area contributed by atoms with E-state index >= 15 is 0 Å². The molecule has 0 radical (unpaired) electrons. The zero-order valence-corrected chi connectivity index (χ0v) is 19.3. The standard InChI is InChI=1S/C23H19Cl2N3O3S/c1-31-23(30)28-22(32)27-19-10-8-15(21(29)14-5-3-2-4-6-14)16(20(19)26)11-13-7-9-17(24)18(25)12-13/h2-10,12,19,26H,11H2,1H3,(H2,27,28,30,32). The van der Waals surface area contributed by atoms with Gasteiger partial charge in [-0.3, -0.25) is 10.1 Å². The Balaban J connectivity index is 1.95. The van der Waals surface area contributed by atoms with Gasteiger partial charge in [0.15, 0.2) is 10.9 Å². The molecule has 1 atom stereocenters. The van der Waals surface area contributed by atoms with Crippen molar-refractivity contribution in [1.29, 1.82) is 5.41 Å². The van der Waals surface area contributed by atoms with E-state index in [1.807, 2.05) is 6.07 Å². The van der Waals surface area contributed by atoms with Crippen molar-refractivity contribution in [3.63, 3.8) is 0 Å². The number of alkyl carbamates (subject to hydrolysis) is 1. The van der Waals surface area contributed by atoms with Crippen molar-refractivity contribution < 1.29 is 14.3 Å². The smallest absolute Gasteiger partial charge is 0.413 e. The van der Waals surface area contributed by atoms with Crippen molar-refractivity contribution in [1.82, 2.24) is 10.6 Å². The van der Waals surface area contributed by atoms with E-state index < -0.39 is 12.1 Å². The molecule has 0 aliphatic heterocycles. The summed E-state index contributed by atoms with van der Waals surface area (Å²) in [7, 11) is 1.22. The van der Waals surface area contributed by atoms with Crippen molar-refractivity contribution in [3.8, 4) is 0 Å². The molecule has 3 N–H and O–H groups in total. The van der Waals surface area contributed by atoms with Crippen LogP contribution in [0.3, 0.4) is 0 Å². The molecular weight excluding hydrogens is 469 g/mol. The van der Waals surface area contributed by atoms with Gasteiger partial charge in [0.2, 0.25) is 0 Å². The van der Waals surface area contributed by atoms with Crippen LogP contribution in [-0.2, 0) is 11.2 Å². The Kier molecular flexibility index (Phi) is 7.80. The Hall–Kier alpha value is -3.00. The minimum atomic E-state index is -0.722. The molecule has 0 spiro atoms. The zero-order valence-electron chi connectivity index (χ0n) is 16.9. The van der Waals surface area contributed by atoms with Gasteiger partial charge in [-0.15, -0.1) is 0 Å². The van der Waals surface area contributed by atoms with Gasteiger partial charge in [-0.1, -0.05) is 71.8 Å². The molecule has 1 unspecified atom stereocenters. The number of carbonyl (C=O) groups excluding carboxylic acids is 2. The van der Waals surface area contributed by atoms with Crippen LogP contribution in [0.4, 0.5) is 4.79 Å². The van der Waals surface area contributed by atoms with E-state index in [2.05, 4.69) is 15.4 Å². The topological polar surface area (TPSA) is 91.3 Å². The number of allylic oxidation sites excluding steroid dienone is 2. The largest absolute Gasteiger partial charge is 0.453 e. The zero-order chi connectivity index (χ0) is 23.3. The normalized spacial score (nSPS) is 15.3. The van der Waals surface area contributed by atoms with Crippen LogP contribution in [0.25, 0.3) is 0 Å². The quantitative estimate of drug-likeness (QED) is 0.411. The summed E-state index contributed by atoms with van der Waals surface area (Å²) < 4.78 is 4.53. The maximum atomic E-state index is 13.2. The fraction of sp³-hybridized carbons (Fsp3) is 0.130. The third kappa shape index (κ3) is 5.62. The van der Waals surface area contributed by atoms with Gasteiger partial charge in [-0.05, 0) is 35.5 Å². The molecule has 164 valence electrons. The molecule has 6 nitrogen and oxygen atoms in total. The lowest BCUT2D eigenvalue weighted by Gasteiger charge is -2.25. The average molecular weight is 488 g/mol. The number of benzene rings is 2. The van der Waals surface area contributed by atoms with Crippen LogP contribution >= 0.6 is 35.4 Å². The third-order valence-electron chi connectivity index (χ3n) is 4.75. The van der Waals surface area contributed by atoms with Gasteiger partial charge in [0, 0.05) is 17.6 Å². The lowest BCUT2D eigenvalue weighted by Crippen LogP contribution is -2.48. The predicted molar refractivity (Wildman–Crippen MR) is 130 cm³/mol. The molecule has 1 amide bonds. The minimum absolute atomic E-state index is 0.00275. The first-order chi connectivity index (χ1) is 15.3. The number of rotatable bonds is 5. The lowest BCUT2D eigenvalue weighted by molar-refractivity contribution is 0.103. The number of Topliss-reactive ketones (excluding diaryl/α,β-unsaturated/α-hetero) is 1. The number of methoxy groups -OCH3 is 1. The number of hydrogen-bond donors (Lipinski definition) is 3. The van der Waals surface area contributed by atoms with Gasteiger partial charge in [-0.2, -0.15) is 0 Å². The highest BCUT2D eigenvalue weighted by Crippen LogP contribution is 2.28. The number of hydrogen-bond acceptors (Lipinski definition) is 5. The van der Waals surface area contributed by atoms with E-state index in [9.17, 15) is 9.59 Å². The Morgan fingerprint density at radius 1 is 1.12 bits per heavy atom. The molecule has 2 aromatic carbocycles. The minimum Gasteiger partial charge on any atom is -0.453 e. The van der Waals surface area contributed by atoms with Crippen molar-refractivity contribution in [2.45, 2.75) is 12.5 Å². The molecule has 9 heteroatoms. The van der Waals surface area contributed by atoms with Gasteiger partial charge in [0.1, 0.15) is 0 Å². The summed E-state index contributed by atoms with van der Waals surface area (Å²) in [6.07, 6.45) is 2.88. The van der Waals surface area contributed by atoms with Crippen LogP contribution in [-0.4, -0.2) is 35.9 Å². The fourth-order valence-electron chi connectivity index (χ4n) is 3.17. The van der Waals surface area contributed by atoms with Crippen molar-refractivity contribution in [2.75, 3.05) is 7.11 Å². The first kappa shape index (κ1) is 23.7. The number of nitrogens with one attached hydrogen (secondary N) is 3. The van der Waals surface area contributed by atoms with Crippen LogP contribution in [0, 0.1) is 5.41 Å². The van der Waals surface area contributed by atoms with Gasteiger partial charge in [0.05, 0.1) is 28.9 Å². The average Bonchev–Trinajstić information content (AvgIpc) is 2.79. The fourth-order valence-corrected chi connectivity index (χ4v) is 3.70. The SMILES string of the molecule is COC(=O)NC(=S)NC1C=CC(C(=O)c2ccccc2)=C(Cc2ccc(Cl)c(Cl)c2)C1=N. The number of halogens is 2. The summed E-state index contributed by atoms with van der Waals surface area (Å²) in [5.74, 6) is -0.199. The van der Waals surface area contributed by atoms with E-state index in [4.69, 9.17) is 40.8 Å². The molecule has 0 saturated carbocycles. The maximum absolute atomic E-state index is 13.2. The highest BCUT2D eigenvalue weighted by molar-refractivity contribution is 7.80. The molecule has 0 heterocycles. The van der Waals surface area contributed by atoms with E-state index in [0.29, 0.717) is 26.8 Å². The predicted octanol–water partition coefficient (Wildman–Crippen LogP) is 4.90. The summed E-state index contributed by atoms with van der Waals surface area (Å²) in [5, 5.41) is 14.8. The molecule has 1 aliphatic rings. The molecular formula is C23H19Cl2N3O3S. The molecule has 2 aromatic rings. The second-order valence-electron chi connectivity index (χ2n) is 6.85. The van der Waals surface area contributed by atoms with Crippen molar-refractivity contribution in [3.05, 3.63) is 93.0 Å². The number of ketones is 1. The van der Waals surface area contributed by atoms with Gasteiger partial charge in [0.25, 0.3) is 0 Å². The molecule has 3 rings (SSSR count). The summed E-state index contributed by atoms with van der Waals surface area (Å²) in [6, 6.07) is 13.4. The van der Waals surface area contributed by atoms with E-state index in [1.54, 1.807) is 54.6 Å². The third-order valence-corrected chi connectivity index (χ3v) is 5.71. The molecule has 0 bridgehead atoms. The second kappa shape index (κ2) is 10.5. The molecule has 32 heavy (non-hydrogen) atoms. The van der Waals surface area contributed by atoms with Crippen LogP contribution in [0.15, 0.2) is 71.8 Å². The van der Waals surface area contributed by atoms with Gasteiger partial charge >= 0.3 is 6.09 Å². The van der Waals surface area contributed by atoms with Crippen LogP contribution in [0.1, 0.15) is 15.9 Å². The number of carbonyl (C=O) groups is 2. The highest BCUT2D eigenvalue weighted by Gasteiger charge is 2.27. The van der Waals surface area contributed by atoms with E-state index in [-0.39, 0.29) is 23.0 Å². The summed E-state index contributed by atoms with van der Waals surface area (Å²) >= 11 is 17.3. The summed E-state index contributed by atoms with van der Waals surface area (Å²) in [4.78, 5) is 24.6. The Morgan fingerprint density at radius 2 is 1.84 bits per heavy atom. The first-order valence-electron chi connectivity index (χ1n) is 9.49. The van der Waals surface area contributed by atoms with Crippen LogP contribution in [0.2, 0.25) is 10.0 Å². The van der Waals surface area contributed by atoms with Gasteiger partial charge < -0.3 is 15.5 Å². The Labute approximate surface area is 200 Å². The van der Waals surface area contributed by atoms with Crippen molar-refractivity contribution >= 4 is 58.1 Å². The Morgan fingerprint density at radius 3 is 2.50 bits per heavy atom. The number of amides is 1. The second-order valence-corrected chi connectivity index (χ2v) is 8.08. The first-order valence-corrected chi connectivity index (χ1v) is 10.7.